The van der Waals surface area contributed by atoms with E-state index in [0.29, 0.717) is 62.5 Å². The van der Waals surface area contributed by atoms with Gasteiger partial charge in [-0.3, -0.25) is 19.2 Å². The van der Waals surface area contributed by atoms with Crippen LogP contribution in [0.2, 0.25) is 0 Å². The number of fused-ring (bicyclic) bond motifs is 3. The van der Waals surface area contributed by atoms with Crippen LogP contribution in [0, 0.1) is 35.5 Å². The molecule has 15 atom stereocenters. The fraction of sp³-hybridized carbons (Fsp3) is 0.789. The number of hydrogen-bond acceptors (Lipinski definition) is 16. The molecule has 3 heterocycles. The molecular weight excluding hydrogens is 996 g/mol. The summed E-state index contributed by atoms with van der Waals surface area (Å²) >= 11 is 0. The SMILES string of the molecule is CO[C@@H]1C[C@H](C[C@@H](C)[C@@H]2CC(=O)[C@H](C)/C=C(\C)[C@@H](O)[C@@H](OC)C(=O)[C@H](C)C[C@H](C)/C=C/C=C/C=C(\C)[C@@H](OCCOCC(F)(F)F)C[C@@H]3CC[C@@H](C)[C@@](C)(O3)C(=O)C(O)(O)N3CCCC[C@H]3C(=O)O2)CC[C@H]1OCCO. The maximum Gasteiger partial charge on any atom is 0.411 e. The number of piperidine rings is 1. The van der Waals surface area contributed by atoms with Gasteiger partial charge in [-0.1, -0.05) is 77.5 Å². The van der Waals surface area contributed by atoms with Gasteiger partial charge in [-0.05, 0) is 113 Å². The Balaban J connectivity index is 1.74. The number of esters is 1. The van der Waals surface area contributed by atoms with Gasteiger partial charge in [0.25, 0.3) is 5.91 Å². The molecule has 4 N–H and O–H groups in total. The van der Waals surface area contributed by atoms with Crippen LogP contribution in [0.25, 0.3) is 0 Å². The molecule has 0 radical (unpaired) electrons. The summed E-state index contributed by atoms with van der Waals surface area (Å²) in [4.78, 5) is 58.7. The monoisotopic (exact) mass is 1090 g/mol. The molecule has 4 aliphatic rings. The van der Waals surface area contributed by atoms with Gasteiger partial charge in [0, 0.05) is 45.4 Å². The summed E-state index contributed by atoms with van der Waals surface area (Å²) in [6.07, 6.45) is 5.52. The third kappa shape index (κ3) is 18.7. The first-order chi connectivity index (χ1) is 35.8. The topological polar surface area (TPSA) is 217 Å². The van der Waals surface area contributed by atoms with E-state index >= 15 is 0 Å². The minimum atomic E-state index is -4.52. The third-order valence-corrected chi connectivity index (χ3v) is 16.1. The molecule has 0 spiro atoms. The van der Waals surface area contributed by atoms with Gasteiger partial charge in [-0.25, -0.2) is 4.90 Å². The Labute approximate surface area is 448 Å². The van der Waals surface area contributed by atoms with E-state index < -0.39 is 96.3 Å². The van der Waals surface area contributed by atoms with Crippen molar-refractivity contribution in [2.24, 2.45) is 35.5 Å². The van der Waals surface area contributed by atoms with Crippen LogP contribution < -0.4 is 0 Å². The van der Waals surface area contributed by atoms with Gasteiger partial charge in [0.15, 0.2) is 5.78 Å². The quantitative estimate of drug-likeness (QED) is 0.0615. The molecule has 1 aliphatic carbocycles. The van der Waals surface area contributed by atoms with Gasteiger partial charge in [-0.2, -0.15) is 13.2 Å². The van der Waals surface area contributed by atoms with Crippen LogP contribution >= 0.6 is 0 Å². The summed E-state index contributed by atoms with van der Waals surface area (Å²) in [7, 11) is 2.95. The van der Waals surface area contributed by atoms with Crippen LogP contribution in [0.4, 0.5) is 13.2 Å². The minimum absolute atomic E-state index is 0.0589. The Morgan fingerprint density at radius 2 is 1.58 bits per heavy atom. The highest BCUT2D eigenvalue weighted by Crippen LogP contribution is 2.41. The van der Waals surface area contributed by atoms with Crippen molar-refractivity contribution in [3.63, 3.8) is 0 Å². The van der Waals surface area contributed by atoms with Crippen LogP contribution in [0.5, 0.6) is 0 Å². The van der Waals surface area contributed by atoms with Crippen molar-refractivity contribution in [1.82, 2.24) is 4.90 Å². The van der Waals surface area contributed by atoms with E-state index in [1.165, 1.54) is 14.0 Å². The summed E-state index contributed by atoms with van der Waals surface area (Å²) in [5.74, 6) is -7.99. The van der Waals surface area contributed by atoms with Crippen LogP contribution in [-0.4, -0.2) is 169 Å². The summed E-state index contributed by atoms with van der Waals surface area (Å²) in [6.45, 7) is 12.0. The number of nitrogens with zero attached hydrogens (tertiary/aromatic N) is 1. The second-order valence-electron chi connectivity index (χ2n) is 22.2. The molecule has 76 heavy (non-hydrogen) atoms. The van der Waals surface area contributed by atoms with E-state index in [2.05, 4.69) is 0 Å². The second kappa shape index (κ2) is 30.4. The number of methoxy groups -OCH3 is 2. The van der Waals surface area contributed by atoms with Gasteiger partial charge in [-0.15, -0.1) is 0 Å². The number of carbonyl (C=O) groups is 4. The number of hydrogen-bond donors (Lipinski definition) is 4. The molecule has 4 rings (SSSR count). The molecule has 0 unspecified atom stereocenters. The summed E-state index contributed by atoms with van der Waals surface area (Å²) < 4.78 is 79.7. The first-order valence-corrected chi connectivity index (χ1v) is 27.4. The van der Waals surface area contributed by atoms with Crippen LogP contribution in [0.3, 0.4) is 0 Å². The number of aliphatic hydroxyl groups is 4. The number of halogens is 3. The van der Waals surface area contributed by atoms with E-state index in [-0.39, 0.29) is 87.8 Å². The molecule has 0 aromatic heterocycles. The fourth-order valence-electron chi connectivity index (χ4n) is 11.3. The van der Waals surface area contributed by atoms with E-state index in [0.717, 1.165) is 11.3 Å². The first kappa shape index (κ1) is 65.3. The molecule has 1 saturated carbocycles. The zero-order chi connectivity index (χ0) is 56.5. The fourth-order valence-corrected chi connectivity index (χ4v) is 11.3. The average Bonchev–Trinajstić information content (AvgIpc) is 3.37. The molecule has 16 nitrogen and oxygen atoms in total. The smallest absolute Gasteiger partial charge is 0.411 e. The predicted molar refractivity (Wildman–Crippen MR) is 277 cm³/mol. The van der Waals surface area contributed by atoms with Crippen molar-refractivity contribution in [3.8, 4) is 0 Å². The number of alkyl halides is 3. The summed E-state index contributed by atoms with van der Waals surface area (Å²) in [5.41, 5.74) is -0.756. The largest absolute Gasteiger partial charge is 0.460 e. The van der Waals surface area contributed by atoms with E-state index in [1.54, 1.807) is 66.0 Å². The second-order valence-corrected chi connectivity index (χ2v) is 22.2. The molecule has 434 valence electrons. The summed E-state index contributed by atoms with van der Waals surface area (Å²) in [5, 5.41) is 45.1. The number of carbonyl (C=O) groups excluding carboxylic acids is 4. The normalized spacial score (nSPS) is 37.5. The van der Waals surface area contributed by atoms with Crippen LogP contribution in [0.1, 0.15) is 132 Å². The van der Waals surface area contributed by atoms with Gasteiger partial charge in [0.2, 0.25) is 5.78 Å². The number of Topliss-reactive ketones (excluding diaryl/α,β-unsaturated/α-hetero) is 3. The van der Waals surface area contributed by atoms with Crippen molar-refractivity contribution >= 4 is 23.3 Å². The molecule has 0 amide bonds. The zero-order valence-corrected chi connectivity index (χ0v) is 46.6. The third-order valence-electron chi connectivity index (χ3n) is 16.1. The number of allylic oxidation sites excluding steroid dienone is 6. The lowest BCUT2D eigenvalue weighted by Crippen LogP contribution is -2.68. The van der Waals surface area contributed by atoms with Crippen molar-refractivity contribution in [1.29, 1.82) is 0 Å². The Morgan fingerprint density at radius 3 is 2.25 bits per heavy atom. The molecule has 3 aliphatic heterocycles. The van der Waals surface area contributed by atoms with Gasteiger partial charge in [0.05, 0.1) is 50.8 Å². The van der Waals surface area contributed by atoms with E-state index in [1.807, 2.05) is 26.0 Å². The molecule has 0 aromatic carbocycles. The van der Waals surface area contributed by atoms with Gasteiger partial charge < -0.3 is 53.6 Å². The minimum Gasteiger partial charge on any atom is -0.460 e. The highest BCUT2D eigenvalue weighted by molar-refractivity contribution is 5.93. The molecule has 19 heteroatoms. The number of ketones is 3. The Kier molecular flexibility index (Phi) is 26.1. The van der Waals surface area contributed by atoms with E-state index in [4.69, 9.17) is 33.2 Å². The summed E-state index contributed by atoms with van der Waals surface area (Å²) in [6, 6.07) is -1.31. The maximum atomic E-state index is 14.8. The van der Waals surface area contributed by atoms with Crippen LogP contribution in [0.15, 0.2) is 47.6 Å². The van der Waals surface area contributed by atoms with Gasteiger partial charge in [0.1, 0.15) is 42.3 Å². The molecule has 2 bridgehead atoms. The van der Waals surface area contributed by atoms with E-state index in [9.17, 15) is 52.8 Å². The van der Waals surface area contributed by atoms with Crippen molar-refractivity contribution in [2.75, 3.05) is 53.8 Å². The lowest BCUT2D eigenvalue weighted by Gasteiger charge is -2.48. The predicted octanol–water partition coefficient (Wildman–Crippen LogP) is 7.33. The Morgan fingerprint density at radius 1 is 0.855 bits per heavy atom. The lowest BCUT2D eigenvalue weighted by molar-refractivity contribution is -0.281. The molecule has 3 fully saturated rings. The Bertz CT molecular complexity index is 1990. The Hall–Kier alpha value is -3.21. The highest BCUT2D eigenvalue weighted by Gasteiger charge is 2.58. The molecule has 0 aromatic rings. The average molecular weight is 1090 g/mol. The molecular formula is C57H90F3NO15. The standard InChI is InChI=1S/C57H90F3NO15/c1-35-16-12-11-13-17-36(2)47(74-27-26-72-34-56(58,59)60)32-43-21-19-41(7)55(8,76-43)54(67)57(68,69)61-23-15-14-18-44(61)53(66)75-48(38(4)30-42-20-22-46(73-25-24-62)49(31-42)70-9)33-45(63)37(3)29-40(6)51(65)52(71-10)50(64)39(5)28-35/h11-13,16-17,29,35,37-39,41-44,46-49,51-52,62,65,68-69H,14-15,18-28,30-34H2,1-10H3/b13-11+,16-12+,36-17+,40-29+/t35-,37-,38-,39-,41-,42+,43+,44+,46-,47+,48+,49-,51-,52+,55-/m1/s1. The zero-order valence-electron chi connectivity index (χ0n) is 46.6. The van der Waals surface area contributed by atoms with Crippen molar-refractivity contribution in [3.05, 3.63) is 47.6 Å². The number of cyclic esters (lactones) is 1. The first-order valence-electron chi connectivity index (χ1n) is 27.4. The van der Waals surface area contributed by atoms with Crippen LogP contribution in [-0.2, 0) is 52.3 Å². The molecule has 2 saturated heterocycles. The maximum absolute atomic E-state index is 14.8. The number of ether oxygens (including phenoxy) is 7. The van der Waals surface area contributed by atoms with Gasteiger partial charge >= 0.3 is 12.1 Å². The lowest BCUT2D eigenvalue weighted by atomic mass is 9.77. The van der Waals surface area contributed by atoms with Crippen molar-refractivity contribution < 1.29 is 85.9 Å². The number of rotatable bonds is 13. The highest BCUT2D eigenvalue weighted by atomic mass is 19.4. The number of aliphatic hydroxyl groups excluding tert-OH is 2. The van der Waals surface area contributed by atoms with Crippen molar-refractivity contribution in [2.45, 2.75) is 199 Å².